The number of benzene rings is 2. The van der Waals surface area contributed by atoms with Crippen LogP contribution in [0.5, 0.6) is 0 Å². The molecule has 0 unspecified atom stereocenters. The first-order chi connectivity index (χ1) is 12.0. The van der Waals surface area contributed by atoms with E-state index < -0.39 is 10.0 Å². The molecule has 0 atom stereocenters. The Bertz CT molecular complexity index is 792. The fourth-order valence-corrected chi connectivity index (χ4v) is 3.25. The minimum absolute atomic E-state index is 0.0401. The van der Waals surface area contributed by atoms with Crippen LogP contribution in [0.2, 0.25) is 0 Å². The van der Waals surface area contributed by atoms with Gasteiger partial charge in [-0.15, -0.1) is 0 Å². The Morgan fingerprint density at radius 1 is 1.08 bits per heavy atom. The van der Waals surface area contributed by atoms with Gasteiger partial charge in [-0.25, -0.2) is 8.42 Å². The monoisotopic (exact) mass is 362 g/mol. The largest absolute Gasteiger partial charge is 0.382 e. The number of ether oxygens (including phenoxy) is 1. The van der Waals surface area contributed by atoms with Gasteiger partial charge in [-0.1, -0.05) is 24.3 Å². The number of carbonyl (C=O) groups is 1. The van der Waals surface area contributed by atoms with E-state index in [0.717, 1.165) is 0 Å². The summed E-state index contributed by atoms with van der Waals surface area (Å²) in [5, 5.41) is 2.75. The molecule has 0 saturated heterocycles. The molecule has 2 rings (SSSR count). The Morgan fingerprint density at radius 3 is 2.56 bits per heavy atom. The number of hydrogen-bond acceptors (Lipinski definition) is 4. The molecule has 2 aromatic rings. The van der Waals surface area contributed by atoms with Crippen molar-refractivity contribution < 1.29 is 17.9 Å². The van der Waals surface area contributed by atoms with Crippen LogP contribution in [-0.4, -0.2) is 34.1 Å². The average molecular weight is 362 g/mol. The van der Waals surface area contributed by atoms with Gasteiger partial charge in [0.05, 0.1) is 4.90 Å². The number of para-hydroxylation sites is 1. The van der Waals surface area contributed by atoms with E-state index in [9.17, 15) is 13.2 Å². The molecule has 7 heteroatoms. The van der Waals surface area contributed by atoms with Crippen LogP contribution in [0.25, 0.3) is 0 Å². The minimum atomic E-state index is -3.75. The van der Waals surface area contributed by atoms with Gasteiger partial charge >= 0.3 is 0 Å². The zero-order valence-electron chi connectivity index (χ0n) is 14.1. The molecular weight excluding hydrogens is 340 g/mol. The van der Waals surface area contributed by atoms with Crippen molar-refractivity contribution in [2.75, 3.05) is 24.5 Å². The third-order valence-corrected chi connectivity index (χ3v) is 4.77. The molecule has 0 saturated carbocycles. The Morgan fingerprint density at radius 2 is 1.84 bits per heavy atom. The average Bonchev–Trinajstić information content (AvgIpc) is 2.62. The predicted octanol–water partition coefficient (Wildman–Crippen LogP) is 2.64. The SMILES string of the molecule is CCOCCCNC(=O)c1cccc(S(=O)(=O)Nc2ccccc2)c1. The first-order valence-electron chi connectivity index (χ1n) is 8.07. The fourth-order valence-electron chi connectivity index (χ4n) is 2.15. The van der Waals surface area contributed by atoms with Gasteiger partial charge < -0.3 is 10.1 Å². The second kappa shape index (κ2) is 9.19. The number of anilines is 1. The second-order valence-corrected chi connectivity index (χ2v) is 6.99. The van der Waals surface area contributed by atoms with Crippen molar-refractivity contribution in [1.82, 2.24) is 5.32 Å². The molecule has 2 N–H and O–H groups in total. The van der Waals surface area contributed by atoms with E-state index in [4.69, 9.17) is 4.74 Å². The van der Waals surface area contributed by atoms with E-state index >= 15 is 0 Å². The molecule has 0 aliphatic heterocycles. The van der Waals surface area contributed by atoms with Gasteiger partial charge in [0, 0.05) is 31.0 Å². The zero-order valence-corrected chi connectivity index (χ0v) is 14.9. The van der Waals surface area contributed by atoms with Gasteiger partial charge in [-0.2, -0.15) is 0 Å². The highest BCUT2D eigenvalue weighted by molar-refractivity contribution is 7.92. The first kappa shape index (κ1) is 19.0. The lowest BCUT2D eigenvalue weighted by Crippen LogP contribution is -2.25. The molecule has 0 heterocycles. The lowest BCUT2D eigenvalue weighted by molar-refractivity contribution is 0.0944. The Balaban J connectivity index is 2.03. The molecular formula is C18H22N2O4S. The highest BCUT2D eigenvalue weighted by atomic mass is 32.2. The summed E-state index contributed by atoms with van der Waals surface area (Å²) < 4.78 is 32.6. The van der Waals surface area contributed by atoms with Gasteiger partial charge in [0.25, 0.3) is 15.9 Å². The smallest absolute Gasteiger partial charge is 0.261 e. The Kier molecular flexibility index (Phi) is 6.97. The third kappa shape index (κ3) is 5.88. The number of nitrogens with one attached hydrogen (secondary N) is 2. The molecule has 25 heavy (non-hydrogen) atoms. The van der Waals surface area contributed by atoms with Crippen LogP contribution in [0.4, 0.5) is 5.69 Å². The normalized spacial score (nSPS) is 11.1. The topological polar surface area (TPSA) is 84.5 Å². The molecule has 6 nitrogen and oxygen atoms in total. The quantitative estimate of drug-likeness (QED) is 0.672. The fraction of sp³-hybridized carbons (Fsp3) is 0.278. The van der Waals surface area contributed by atoms with E-state index in [1.165, 1.54) is 12.1 Å². The molecule has 0 aromatic heterocycles. The van der Waals surface area contributed by atoms with Crippen LogP contribution in [-0.2, 0) is 14.8 Å². The highest BCUT2D eigenvalue weighted by Gasteiger charge is 2.16. The summed E-state index contributed by atoms with van der Waals surface area (Å²) >= 11 is 0. The summed E-state index contributed by atoms with van der Waals surface area (Å²) in [6.07, 6.45) is 0.702. The molecule has 0 bridgehead atoms. The standard InChI is InChI=1S/C18H22N2O4S/c1-2-24-13-7-12-19-18(21)15-8-6-11-17(14-15)25(22,23)20-16-9-4-3-5-10-16/h3-6,8-11,14,20H,2,7,12-13H2,1H3,(H,19,21). The van der Waals surface area contributed by atoms with E-state index in [1.807, 2.05) is 6.92 Å². The van der Waals surface area contributed by atoms with Crippen LogP contribution in [0.3, 0.4) is 0 Å². The number of sulfonamides is 1. The number of carbonyl (C=O) groups excluding carboxylic acids is 1. The lowest BCUT2D eigenvalue weighted by atomic mass is 10.2. The Hall–Kier alpha value is -2.38. The maximum Gasteiger partial charge on any atom is 0.261 e. The van der Waals surface area contributed by atoms with Gasteiger partial charge in [0.1, 0.15) is 0 Å². The number of rotatable bonds is 9. The summed E-state index contributed by atoms with van der Waals surface area (Å²) in [5.74, 6) is -0.312. The zero-order chi connectivity index (χ0) is 18.1. The molecule has 1 amide bonds. The van der Waals surface area contributed by atoms with Crippen LogP contribution < -0.4 is 10.0 Å². The van der Waals surface area contributed by atoms with Crippen LogP contribution in [0, 0.1) is 0 Å². The maximum absolute atomic E-state index is 12.4. The lowest BCUT2D eigenvalue weighted by Gasteiger charge is -2.10. The van der Waals surface area contributed by atoms with Crippen LogP contribution in [0.1, 0.15) is 23.7 Å². The Labute approximate surface area is 148 Å². The van der Waals surface area contributed by atoms with Crippen LogP contribution in [0.15, 0.2) is 59.5 Å². The molecule has 0 spiro atoms. The summed E-state index contributed by atoms with van der Waals surface area (Å²) in [5.41, 5.74) is 0.764. The second-order valence-electron chi connectivity index (χ2n) is 5.31. The van der Waals surface area contributed by atoms with Crippen molar-refractivity contribution >= 4 is 21.6 Å². The number of hydrogen-bond donors (Lipinski definition) is 2. The van der Waals surface area contributed by atoms with Crippen molar-refractivity contribution in [3.63, 3.8) is 0 Å². The van der Waals surface area contributed by atoms with Gasteiger partial charge in [-0.05, 0) is 43.7 Å². The van der Waals surface area contributed by atoms with Gasteiger partial charge in [0.15, 0.2) is 0 Å². The summed E-state index contributed by atoms with van der Waals surface area (Å²) in [7, 11) is -3.75. The van der Waals surface area contributed by atoms with E-state index in [1.54, 1.807) is 42.5 Å². The summed E-state index contributed by atoms with van der Waals surface area (Å²) in [4.78, 5) is 12.2. The van der Waals surface area contributed by atoms with Crippen molar-refractivity contribution in [3.05, 3.63) is 60.2 Å². The summed E-state index contributed by atoms with van der Waals surface area (Å²) in [6, 6.07) is 14.6. The minimum Gasteiger partial charge on any atom is -0.382 e. The van der Waals surface area contributed by atoms with Crippen molar-refractivity contribution in [3.8, 4) is 0 Å². The molecule has 0 aliphatic rings. The molecule has 0 fully saturated rings. The third-order valence-electron chi connectivity index (χ3n) is 3.39. The van der Waals surface area contributed by atoms with Crippen molar-refractivity contribution in [1.29, 1.82) is 0 Å². The molecule has 0 aliphatic carbocycles. The summed E-state index contributed by atoms with van der Waals surface area (Å²) in [6.45, 7) is 3.60. The van der Waals surface area contributed by atoms with E-state index in [-0.39, 0.29) is 10.8 Å². The molecule has 0 radical (unpaired) electrons. The van der Waals surface area contributed by atoms with Gasteiger partial charge in [0.2, 0.25) is 0 Å². The van der Waals surface area contributed by atoms with Crippen molar-refractivity contribution in [2.24, 2.45) is 0 Å². The van der Waals surface area contributed by atoms with E-state index in [0.29, 0.717) is 37.4 Å². The van der Waals surface area contributed by atoms with E-state index in [2.05, 4.69) is 10.0 Å². The van der Waals surface area contributed by atoms with Crippen molar-refractivity contribution in [2.45, 2.75) is 18.2 Å². The first-order valence-corrected chi connectivity index (χ1v) is 9.55. The molecule has 134 valence electrons. The highest BCUT2D eigenvalue weighted by Crippen LogP contribution is 2.16. The van der Waals surface area contributed by atoms with Gasteiger partial charge in [-0.3, -0.25) is 9.52 Å². The maximum atomic E-state index is 12.4. The van der Waals surface area contributed by atoms with Crippen LogP contribution >= 0.6 is 0 Å². The predicted molar refractivity (Wildman–Crippen MR) is 97.1 cm³/mol. The number of amides is 1. The molecule has 2 aromatic carbocycles.